The monoisotopic (exact) mass is 249 g/mol. The smallest absolute Gasteiger partial charge is 0.303 e. The van der Waals surface area contributed by atoms with Crippen LogP contribution in [0.5, 0.6) is 0 Å². The highest BCUT2D eigenvalue weighted by Gasteiger charge is 2.59. The minimum Gasteiger partial charge on any atom is -0.303 e. The molecule has 1 saturated carbocycles. The molecule has 0 bridgehead atoms. The van der Waals surface area contributed by atoms with Crippen LogP contribution in [0.2, 0.25) is 0 Å². The van der Waals surface area contributed by atoms with Gasteiger partial charge in [0.15, 0.2) is 5.60 Å². The van der Waals surface area contributed by atoms with E-state index in [0.717, 1.165) is 6.42 Å². The number of carbonyl (C=O) groups is 2. The Morgan fingerprint density at radius 3 is 2.69 bits per heavy atom. The molecule has 7 nitrogen and oxygen atoms in total. The molecule has 1 aliphatic heterocycles. The van der Waals surface area contributed by atoms with Crippen molar-refractivity contribution in [2.24, 2.45) is 5.92 Å². The third kappa shape index (κ3) is 1.80. The molecule has 0 aromatic rings. The van der Waals surface area contributed by atoms with Gasteiger partial charge in [-0.2, -0.15) is 0 Å². The van der Waals surface area contributed by atoms with Gasteiger partial charge < -0.3 is 9.79 Å². The van der Waals surface area contributed by atoms with Crippen molar-refractivity contribution in [3.8, 4) is 0 Å². The Kier molecular flexibility index (Phi) is 2.66. The van der Waals surface area contributed by atoms with E-state index in [9.17, 15) is 14.2 Å². The summed E-state index contributed by atoms with van der Waals surface area (Å²) in [6, 6.07) is 0. The molecule has 1 heterocycles. The Labute approximate surface area is 91.4 Å². The highest BCUT2D eigenvalue weighted by Crippen LogP contribution is 2.50. The highest BCUT2D eigenvalue weighted by atomic mass is 31.2. The molecule has 1 saturated heterocycles. The zero-order chi connectivity index (χ0) is 12.0. The van der Waals surface area contributed by atoms with Crippen LogP contribution in [-0.2, 0) is 18.7 Å². The van der Waals surface area contributed by atoms with Crippen LogP contribution in [0, 0.1) is 5.92 Å². The van der Waals surface area contributed by atoms with Gasteiger partial charge >= 0.3 is 7.82 Å². The average Bonchev–Trinajstić information content (AvgIpc) is 2.37. The van der Waals surface area contributed by atoms with Gasteiger partial charge in [0.2, 0.25) is 5.91 Å². The lowest BCUT2D eigenvalue weighted by Crippen LogP contribution is -2.46. The average molecular weight is 249 g/mol. The van der Waals surface area contributed by atoms with E-state index >= 15 is 0 Å². The van der Waals surface area contributed by atoms with E-state index in [-0.39, 0.29) is 6.42 Å². The topological polar surface area (TPSA) is 113 Å². The summed E-state index contributed by atoms with van der Waals surface area (Å²) in [5.74, 6) is -2.01. The van der Waals surface area contributed by atoms with E-state index in [2.05, 4.69) is 9.84 Å². The first-order valence-corrected chi connectivity index (χ1v) is 6.50. The van der Waals surface area contributed by atoms with Gasteiger partial charge in [0.25, 0.3) is 5.91 Å². The first-order valence-electron chi connectivity index (χ1n) is 4.97. The fourth-order valence-electron chi connectivity index (χ4n) is 2.43. The highest BCUT2D eigenvalue weighted by molar-refractivity contribution is 7.46. The molecule has 0 spiro atoms. The molecule has 2 amide bonds. The molecule has 2 aliphatic rings. The van der Waals surface area contributed by atoms with Crippen molar-refractivity contribution in [2.75, 3.05) is 0 Å². The van der Waals surface area contributed by atoms with Crippen molar-refractivity contribution in [1.29, 1.82) is 0 Å². The fourth-order valence-corrected chi connectivity index (χ4v) is 3.15. The number of rotatable bonds is 2. The SMILES string of the molecule is O=C1NC(=O)C2(OP(=O)(O)O)CCCCC12. The van der Waals surface area contributed by atoms with Crippen LogP contribution in [-0.4, -0.2) is 27.2 Å². The summed E-state index contributed by atoms with van der Waals surface area (Å²) in [5.41, 5.74) is -1.66. The summed E-state index contributed by atoms with van der Waals surface area (Å²) in [4.78, 5) is 40.7. The van der Waals surface area contributed by atoms with E-state index in [4.69, 9.17) is 9.79 Å². The second kappa shape index (κ2) is 3.63. The van der Waals surface area contributed by atoms with Gasteiger partial charge in [-0.1, -0.05) is 6.42 Å². The second-order valence-corrected chi connectivity index (χ2v) is 5.25. The number of imide groups is 1. The molecule has 8 heteroatoms. The van der Waals surface area contributed by atoms with Gasteiger partial charge in [-0.25, -0.2) is 4.57 Å². The number of hydrogen-bond acceptors (Lipinski definition) is 4. The lowest BCUT2D eigenvalue weighted by molar-refractivity contribution is -0.140. The van der Waals surface area contributed by atoms with Gasteiger partial charge in [-0.3, -0.25) is 19.4 Å². The quantitative estimate of drug-likeness (QED) is 0.456. The van der Waals surface area contributed by atoms with E-state index < -0.39 is 31.2 Å². The minimum absolute atomic E-state index is 0.167. The molecule has 2 atom stereocenters. The summed E-state index contributed by atoms with van der Waals surface area (Å²) in [6.45, 7) is 0. The van der Waals surface area contributed by atoms with E-state index in [1.54, 1.807) is 0 Å². The number of nitrogens with one attached hydrogen (secondary N) is 1. The van der Waals surface area contributed by atoms with Crippen LogP contribution in [0.1, 0.15) is 25.7 Å². The van der Waals surface area contributed by atoms with Crippen molar-refractivity contribution in [1.82, 2.24) is 5.32 Å². The van der Waals surface area contributed by atoms with Crippen LogP contribution >= 0.6 is 7.82 Å². The molecule has 1 aliphatic carbocycles. The van der Waals surface area contributed by atoms with E-state index in [1.807, 2.05) is 0 Å². The summed E-state index contributed by atoms with van der Waals surface area (Å²) >= 11 is 0. The van der Waals surface area contributed by atoms with Crippen LogP contribution < -0.4 is 5.32 Å². The van der Waals surface area contributed by atoms with E-state index in [1.165, 1.54) is 0 Å². The predicted molar refractivity (Wildman–Crippen MR) is 51.0 cm³/mol. The fraction of sp³-hybridized carbons (Fsp3) is 0.750. The standard InChI is InChI=1S/C8H12NO6P/c10-6-5-3-1-2-4-8(5,7(11)9-6)15-16(12,13)14/h5H,1-4H2,(H,9,10,11)(H2,12,13,14). The van der Waals surface area contributed by atoms with Crippen molar-refractivity contribution < 1.29 is 28.5 Å². The Bertz CT molecular complexity index is 390. The molecule has 0 aromatic carbocycles. The third-order valence-electron chi connectivity index (χ3n) is 3.07. The molecule has 2 unspecified atom stereocenters. The largest absolute Gasteiger partial charge is 0.470 e. The molecular formula is C8H12NO6P. The molecule has 0 radical (unpaired) electrons. The maximum atomic E-state index is 11.6. The molecule has 3 N–H and O–H groups in total. The Morgan fingerprint density at radius 1 is 1.38 bits per heavy atom. The third-order valence-corrected chi connectivity index (χ3v) is 3.64. The summed E-state index contributed by atoms with van der Waals surface area (Å²) in [7, 11) is -4.79. The van der Waals surface area contributed by atoms with Gasteiger partial charge in [0.1, 0.15) is 0 Å². The molecule has 16 heavy (non-hydrogen) atoms. The van der Waals surface area contributed by atoms with E-state index in [0.29, 0.717) is 12.8 Å². The van der Waals surface area contributed by atoms with Crippen LogP contribution in [0.3, 0.4) is 0 Å². The maximum Gasteiger partial charge on any atom is 0.470 e. The number of fused-ring (bicyclic) bond motifs is 1. The molecule has 2 fully saturated rings. The lowest BCUT2D eigenvalue weighted by Gasteiger charge is -2.34. The zero-order valence-corrected chi connectivity index (χ0v) is 9.27. The van der Waals surface area contributed by atoms with Crippen molar-refractivity contribution in [3.63, 3.8) is 0 Å². The Balaban J connectivity index is 2.36. The Morgan fingerprint density at radius 2 is 2.06 bits per heavy atom. The predicted octanol–water partition coefficient (Wildman–Crippen LogP) is -0.319. The molecule has 0 aromatic heterocycles. The molecule has 2 rings (SSSR count). The number of phosphoric acid groups is 1. The van der Waals surface area contributed by atoms with Crippen LogP contribution in [0.15, 0.2) is 0 Å². The second-order valence-electron chi connectivity index (χ2n) is 4.09. The van der Waals surface area contributed by atoms with Gasteiger partial charge in [-0.15, -0.1) is 0 Å². The molecule has 90 valence electrons. The maximum absolute atomic E-state index is 11.6. The number of carbonyl (C=O) groups excluding carboxylic acids is 2. The number of hydrogen-bond donors (Lipinski definition) is 3. The van der Waals surface area contributed by atoms with Crippen molar-refractivity contribution >= 4 is 19.6 Å². The van der Waals surface area contributed by atoms with Gasteiger partial charge in [-0.05, 0) is 19.3 Å². The van der Waals surface area contributed by atoms with Gasteiger partial charge in [0, 0.05) is 0 Å². The lowest BCUT2D eigenvalue weighted by atomic mass is 9.77. The summed E-state index contributed by atoms with van der Waals surface area (Å²) in [5, 5.41) is 2.08. The first kappa shape index (κ1) is 11.7. The minimum atomic E-state index is -4.79. The molecular weight excluding hydrogens is 237 g/mol. The number of phosphoric ester groups is 1. The summed E-state index contributed by atoms with van der Waals surface area (Å²) in [6.07, 6.45) is 1.94. The Hall–Kier alpha value is -0.750. The summed E-state index contributed by atoms with van der Waals surface area (Å²) < 4.78 is 15.5. The van der Waals surface area contributed by atoms with Crippen molar-refractivity contribution in [3.05, 3.63) is 0 Å². The zero-order valence-electron chi connectivity index (χ0n) is 8.38. The van der Waals surface area contributed by atoms with Crippen LogP contribution in [0.25, 0.3) is 0 Å². The van der Waals surface area contributed by atoms with Crippen LogP contribution in [0.4, 0.5) is 0 Å². The first-order chi connectivity index (χ1) is 7.35. The number of amides is 2. The van der Waals surface area contributed by atoms with Crippen molar-refractivity contribution in [2.45, 2.75) is 31.3 Å². The normalized spacial score (nSPS) is 34.8. The van der Waals surface area contributed by atoms with Gasteiger partial charge in [0.05, 0.1) is 5.92 Å².